The molecule has 1 aromatic heterocycles. The third-order valence-electron chi connectivity index (χ3n) is 2.19. The van der Waals surface area contributed by atoms with E-state index >= 15 is 0 Å². The summed E-state index contributed by atoms with van der Waals surface area (Å²) in [4.78, 5) is 6.78. The van der Waals surface area contributed by atoms with E-state index in [0.29, 0.717) is 0 Å². The van der Waals surface area contributed by atoms with Gasteiger partial charge in [-0.1, -0.05) is 0 Å². The molecule has 0 atom stereocenters. The molecule has 0 amide bonds. The summed E-state index contributed by atoms with van der Waals surface area (Å²) in [5.41, 5.74) is 6.62. The van der Waals surface area contributed by atoms with Crippen molar-refractivity contribution < 1.29 is 0 Å². The maximum Gasteiger partial charge on any atom is 0.185 e. The van der Waals surface area contributed by atoms with Crippen LogP contribution in [-0.2, 0) is 5.54 Å². The Labute approximate surface area is 89.9 Å². The van der Waals surface area contributed by atoms with Crippen molar-refractivity contribution in [2.75, 3.05) is 18.0 Å². The number of hydrogen-bond acceptors (Lipinski definition) is 4. The molecule has 80 valence electrons. The van der Waals surface area contributed by atoms with Crippen LogP contribution >= 0.6 is 11.3 Å². The lowest BCUT2D eigenvalue weighted by atomic mass is 10.0. The summed E-state index contributed by atoms with van der Waals surface area (Å²) in [7, 11) is 0. The smallest absolute Gasteiger partial charge is 0.185 e. The molecule has 0 saturated carbocycles. The van der Waals surface area contributed by atoms with Gasteiger partial charge in [-0.15, -0.1) is 11.3 Å². The van der Waals surface area contributed by atoms with Gasteiger partial charge in [-0.3, -0.25) is 0 Å². The normalized spacial score (nSPS) is 11.8. The molecule has 3 nitrogen and oxygen atoms in total. The van der Waals surface area contributed by atoms with Gasteiger partial charge >= 0.3 is 0 Å². The van der Waals surface area contributed by atoms with Gasteiger partial charge in [0, 0.05) is 18.5 Å². The molecule has 1 heterocycles. The lowest BCUT2D eigenvalue weighted by Crippen LogP contribution is -2.29. The molecule has 1 rings (SSSR count). The number of nitrogens with zero attached hydrogens (tertiary/aromatic N) is 2. The zero-order valence-electron chi connectivity index (χ0n) is 9.37. The van der Waals surface area contributed by atoms with Gasteiger partial charge in [0.1, 0.15) is 0 Å². The third-order valence-corrected chi connectivity index (χ3v) is 3.09. The Balaban J connectivity index is 2.87. The molecule has 0 unspecified atom stereocenters. The molecule has 0 aromatic carbocycles. The van der Waals surface area contributed by atoms with Crippen LogP contribution in [0.4, 0.5) is 5.13 Å². The summed E-state index contributed by atoms with van der Waals surface area (Å²) in [6.45, 7) is 10.2. The highest BCUT2D eigenvalue weighted by Gasteiger charge is 2.19. The van der Waals surface area contributed by atoms with Crippen LogP contribution in [0, 0.1) is 0 Å². The number of rotatable bonds is 4. The van der Waals surface area contributed by atoms with Gasteiger partial charge in [0.25, 0.3) is 0 Å². The second kappa shape index (κ2) is 4.28. The summed E-state index contributed by atoms with van der Waals surface area (Å²) in [6, 6.07) is 0. The van der Waals surface area contributed by atoms with Gasteiger partial charge in [0.2, 0.25) is 0 Å². The quantitative estimate of drug-likeness (QED) is 0.833. The first kappa shape index (κ1) is 11.5. The lowest BCUT2D eigenvalue weighted by molar-refractivity contribution is 0.538. The van der Waals surface area contributed by atoms with E-state index in [9.17, 15) is 0 Å². The third kappa shape index (κ3) is 2.45. The van der Waals surface area contributed by atoms with E-state index in [1.165, 1.54) is 0 Å². The number of anilines is 1. The Hall–Kier alpha value is -0.610. The highest BCUT2D eigenvalue weighted by Crippen LogP contribution is 2.25. The molecule has 14 heavy (non-hydrogen) atoms. The molecule has 1 aromatic rings. The molecule has 0 spiro atoms. The van der Waals surface area contributed by atoms with E-state index < -0.39 is 0 Å². The average Bonchev–Trinajstić information content (AvgIpc) is 2.54. The highest BCUT2D eigenvalue weighted by molar-refractivity contribution is 7.13. The Kier molecular flexibility index (Phi) is 3.50. The van der Waals surface area contributed by atoms with Gasteiger partial charge in [0.15, 0.2) is 5.13 Å². The summed E-state index contributed by atoms with van der Waals surface area (Å²) in [6.07, 6.45) is 0. The molecule has 0 fully saturated rings. The lowest BCUT2D eigenvalue weighted by Gasteiger charge is -2.18. The monoisotopic (exact) mass is 213 g/mol. The van der Waals surface area contributed by atoms with Crippen LogP contribution in [0.1, 0.15) is 33.4 Å². The molecule has 0 aliphatic carbocycles. The largest absolute Gasteiger partial charge is 0.349 e. The number of thiazole rings is 1. The van der Waals surface area contributed by atoms with Crippen LogP contribution < -0.4 is 10.6 Å². The molecule has 0 radical (unpaired) electrons. The highest BCUT2D eigenvalue weighted by atomic mass is 32.1. The summed E-state index contributed by atoms with van der Waals surface area (Å²) in [5, 5.41) is 3.12. The Bertz CT molecular complexity index is 284. The van der Waals surface area contributed by atoms with Crippen molar-refractivity contribution in [1.82, 2.24) is 4.98 Å². The average molecular weight is 213 g/mol. The first-order valence-corrected chi connectivity index (χ1v) is 5.86. The molecular weight excluding hydrogens is 194 g/mol. The van der Waals surface area contributed by atoms with Crippen molar-refractivity contribution in [3.8, 4) is 0 Å². The second-order valence-electron chi connectivity index (χ2n) is 3.91. The molecule has 0 bridgehead atoms. The minimum absolute atomic E-state index is 0.331. The van der Waals surface area contributed by atoms with E-state index in [-0.39, 0.29) is 5.54 Å². The second-order valence-corrected chi connectivity index (χ2v) is 4.75. The van der Waals surface area contributed by atoms with Crippen LogP contribution in [0.2, 0.25) is 0 Å². The molecule has 2 N–H and O–H groups in total. The molecular formula is C10H19N3S. The van der Waals surface area contributed by atoms with Crippen LogP contribution in [0.15, 0.2) is 5.38 Å². The molecule has 0 aliphatic rings. The molecule has 0 aliphatic heterocycles. The topological polar surface area (TPSA) is 42.2 Å². The van der Waals surface area contributed by atoms with Crippen molar-refractivity contribution in [1.29, 1.82) is 0 Å². The standard InChI is InChI=1S/C10H19N3S/c1-5-13(6-2)9-12-8(7-14-9)10(3,4)11/h7H,5-6,11H2,1-4H3. The van der Waals surface area contributed by atoms with Crippen molar-refractivity contribution in [3.63, 3.8) is 0 Å². The summed E-state index contributed by atoms with van der Waals surface area (Å²) in [5.74, 6) is 0. The van der Waals surface area contributed by atoms with Crippen LogP contribution in [0.5, 0.6) is 0 Å². The van der Waals surface area contributed by atoms with Gasteiger partial charge in [0.05, 0.1) is 11.2 Å². The minimum Gasteiger partial charge on any atom is -0.349 e. The van der Waals surface area contributed by atoms with Crippen LogP contribution in [-0.4, -0.2) is 18.1 Å². The number of aromatic nitrogens is 1. The van der Waals surface area contributed by atoms with Gasteiger partial charge in [-0.05, 0) is 27.7 Å². The maximum absolute atomic E-state index is 5.98. The Morgan fingerprint density at radius 2 is 2.00 bits per heavy atom. The van der Waals surface area contributed by atoms with E-state index in [1.807, 2.05) is 19.2 Å². The van der Waals surface area contributed by atoms with Crippen molar-refractivity contribution in [3.05, 3.63) is 11.1 Å². The van der Waals surface area contributed by atoms with Crippen molar-refractivity contribution in [2.24, 2.45) is 5.73 Å². The Morgan fingerprint density at radius 1 is 1.43 bits per heavy atom. The number of nitrogens with two attached hydrogens (primary N) is 1. The van der Waals surface area contributed by atoms with Gasteiger partial charge in [-0.2, -0.15) is 0 Å². The van der Waals surface area contributed by atoms with Crippen molar-refractivity contribution >= 4 is 16.5 Å². The minimum atomic E-state index is -0.331. The molecule has 4 heteroatoms. The molecule has 0 saturated heterocycles. The summed E-state index contributed by atoms with van der Waals surface area (Å²) >= 11 is 1.67. The van der Waals surface area contributed by atoms with Gasteiger partial charge < -0.3 is 10.6 Å². The zero-order valence-corrected chi connectivity index (χ0v) is 10.2. The SMILES string of the molecule is CCN(CC)c1nc(C(C)(C)N)cs1. The fourth-order valence-electron chi connectivity index (χ4n) is 1.20. The van der Waals surface area contributed by atoms with E-state index in [1.54, 1.807) is 11.3 Å². The first-order chi connectivity index (χ1) is 6.49. The van der Waals surface area contributed by atoms with E-state index in [4.69, 9.17) is 5.73 Å². The van der Waals surface area contributed by atoms with Crippen molar-refractivity contribution in [2.45, 2.75) is 33.2 Å². The zero-order chi connectivity index (χ0) is 10.8. The number of hydrogen-bond donors (Lipinski definition) is 1. The van der Waals surface area contributed by atoms with E-state index in [2.05, 4.69) is 23.7 Å². The van der Waals surface area contributed by atoms with Crippen LogP contribution in [0.3, 0.4) is 0 Å². The van der Waals surface area contributed by atoms with Gasteiger partial charge in [-0.25, -0.2) is 4.98 Å². The Morgan fingerprint density at radius 3 is 2.36 bits per heavy atom. The maximum atomic E-state index is 5.98. The predicted molar refractivity (Wildman–Crippen MR) is 62.9 cm³/mol. The fraction of sp³-hybridized carbons (Fsp3) is 0.700. The predicted octanol–water partition coefficient (Wildman–Crippen LogP) is 2.18. The fourth-order valence-corrected chi connectivity index (χ4v) is 2.33. The van der Waals surface area contributed by atoms with Crippen LogP contribution in [0.25, 0.3) is 0 Å². The first-order valence-electron chi connectivity index (χ1n) is 4.98. The van der Waals surface area contributed by atoms with E-state index in [0.717, 1.165) is 23.9 Å². The summed E-state index contributed by atoms with van der Waals surface area (Å²) < 4.78 is 0.